The lowest BCUT2D eigenvalue weighted by Crippen LogP contribution is -2.37. The Morgan fingerprint density at radius 2 is 1.67 bits per heavy atom. The fourth-order valence-corrected chi connectivity index (χ4v) is 6.22. The van der Waals surface area contributed by atoms with Gasteiger partial charge in [-0.3, -0.25) is 9.59 Å². The van der Waals surface area contributed by atoms with Crippen molar-refractivity contribution in [3.8, 4) is 17.2 Å². The maximum absolute atomic E-state index is 13.7. The SMILES string of the molecule is COc1cc(C2C3=C(CC(C)(C)CC3=O)Nc3nc(SCc4ccc(C)cc4)[nH]c(=O)c32)cc(OC)c1OC. The predicted octanol–water partition coefficient (Wildman–Crippen LogP) is 5.60. The number of H-pyrrole nitrogens is 1. The number of Topliss-reactive ketones (excluding diaryl/α,β-unsaturated/α-hetero) is 1. The van der Waals surface area contributed by atoms with E-state index in [0.29, 0.717) is 63.5 Å². The zero-order chi connectivity index (χ0) is 27.9. The van der Waals surface area contributed by atoms with Crippen molar-refractivity contribution in [3.05, 3.63) is 80.3 Å². The van der Waals surface area contributed by atoms with E-state index in [1.165, 1.54) is 24.4 Å². The standard InChI is InChI=1S/C30H33N3O5S/c1-16-7-9-17(10-8-16)15-39-29-32-27-25(28(35)33-29)23(24-19(31-27)13-30(2,3)14-20(24)34)18-11-21(36-4)26(38-6)22(12-18)37-5/h7-12,23H,13-15H2,1-6H3,(H2,31,32,33,35). The van der Waals surface area contributed by atoms with E-state index >= 15 is 0 Å². The molecule has 3 aromatic rings. The van der Waals surface area contributed by atoms with Crippen molar-refractivity contribution in [2.24, 2.45) is 5.41 Å². The first-order valence-electron chi connectivity index (χ1n) is 12.8. The molecular formula is C30H33N3O5S. The Labute approximate surface area is 232 Å². The second kappa shape index (κ2) is 10.4. The second-order valence-corrected chi connectivity index (χ2v) is 11.7. The van der Waals surface area contributed by atoms with Gasteiger partial charge in [-0.1, -0.05) is 55.4 Å². The Morgan fingerprint density at radius 1 is 1.00 bits per heavy atom. The maximum Gasteiger partial charge on any atom is 0.257 e. The lowest BCUT2D eigenvalue weighted by molar-refractivity contribution is -0.118. The van der Waals surface area contributed by atoms with Gasteiger partial charge < -0.3 is 24.5 Å². The van der Waals surface area contributed by atoms with Gasteiger partial charge in [0.05, 0.1) is 26.9 Å². The van der Waals surface area contributed by atoms with E-state index < -0.39 is 5.92 Å². The number of aryl methyl sites for hydroxylation is 1. The van der Waals surface area contributed by atoms with Crippen molar-refractivity contribution in [3.63, 3.8) is 0 Å². The molecule has 1 aliphatic carbocycles. The fraction of sp³-hybridized carbons (Fsp3) is 0.367. The summed E-state index contributed by atoms with van der Waals surface area (Å²) >= 11 is 1.46. The molecule has 2 aliphatic rings. The lowest BCUT2D eigenvalue weighted by Gasteiger charge is -2.38. The molecule has 2 N–H and O–H groups in total. The molecule has 1 aromatic heterocycles. The first-order valence-corrected chi connectivity index (χ1v) is 13.8. The van der Waals surface area contributed by atoms with Gasteiger partial charge in [-0.05, 0) is 42.0 Å². The van der Waals surface area contributed by atoms with Crippen LogP contribution in [0.2, 0.25) is 0 Å². The Balaban J connectivity index is 1.64. The highest BCUT2D eigenvalue weighted by Gasteiger charge is 2.43. The van der Waals surface area contributed by atoms with Gasteiger partial charge in [-0.2, -0.15) is 0 Å². The Morgan fingerprint density at radius 3 is 2.28 bits per heavy atom. The van der Waals surface area contributed by atoms with Crippen LogP contribution in [0.1, 0.15) is 54.9 Å². The van der Waals surface area contributed by atoms with Gasteiger partial charge in [-0.25, -0.2) is 4.98 Å². The van der Waals surface area contributed by atoms with Crippen LogP contribution >= 0.6 is 11.8 Å². The summed E-state index contributed by atoms with van der Waals surface area (Å²) < 4.78 is 16.7. The van der Waals surface area contributed by atoms with E-state index in [2.05, 4.69) is 55.3 Å². The van der Waals surface area contributed by atoms with Crippen LogP contribution < -0.4 is 25.1 Å². The molecule has 0 radical (unpaired) electrons. The summed E-state index contributed by atoms with van der Waals surface area (Å²) in [6.45, 7) is 6.21. The summed E-state index contributed by atoms with van der Waals surface area (Å²) in [6.07, 6.45) is 1.05. The minimum Gasteiger partial charge on any atom is -0.493 e. The highest BCUT2D eigenvalue weighted by molar-refractivity contribution is 7.98. The number of nitrogens with one attached hydrogen (secondary N) is 2. The summed E-state index contributed by atoms with van der Waals surface area (Å²) in [7, 11) is 4.63. The smallest absolute Gasteiger partial charge is 0.257 e. The number of hydrogen-bond donors (Lipinski definition) is 2. The minimum atomic E-state index is -0.638. The number of ether oxygens (including phenoxy) is 3. The van der Waals surface area contributed by atoms with E-state index in [1.807, 2.05) is 0 Å². The van der Waals surface area contributed by atoms with Crippen molar-refractivity contribution in [2.45, 2.75) is 50.4 Å². The first-order chi connectivity index (χ1) is 18.6. The molecule has 9 heteroatoms. The number of aromatic amines is 1. The number of hydrogen-bond acceptors (Lipinski definition) is 8. The summed E-state index contributed by atoms with van der Waals surface area (Å²) in [5, 5.41) is 3.89. The molecule has 5 rings (SSSR count). The number of thioether (sulfide) groups is 1. The average Bonchev–Trinajstić information content (AvgIpc) is 2.90. The first kappa shape index (κ1) is 26.9. The fourth-order valence-electron chi connectivity index (χ4n) is 5.40. The van der Waals surface area contributed by atoms with Crippen LogP contribution in [-0.4, -0.2) is 37.1 Å². The number of rotatable bonds is 7. The number of allylic oxidation sites excluding steroid dienone is 2. The van der Waals surface area contributed by atoms with Gasteiger partial charge in [0, 0.05) is 29.4 Å². The Kier molecular flexibility index (Phi) is 7.20. The van der Waals surface area contributed by atoms with Crippen LogP contribution in [0.15, 0.2) is 57.6 Å². The molecule has 0 amide bonds. The highest BCUT2D eigenvalue weighted by atomic mass is 32.2. The van der Waals surface area contributed by atoms with Gasteiger partial charge in [0.25, 0.3) is 5.56 Å². The van der Waals surface area contributed by atoms with Gasteiger partial charge in [0.1, 0.15) is 5.82 Å². The van der Waals surface area contributed by atoms with E-state index in [4.69, 9.17) is 19.2 Å². The third-order valence-electron chi connectivity index (χ3n) is 7.22. The number of fused-ring (bicyclic) bond motifs is 1. The van der Waals surface area contributed by atoms with Crippen LogP contribution in [0.3, 0.4) is 0 Å². The Bertz CT molecular complexity index is 1500. The zero-order valence-corrected chi connectivity index (χ0v) is 23.9. The van der Waals surface area contributed by atoms with Crippen molar-refractivity contribution in [2.75, 3.05) is 26.6 Å². The monoisotopic (exact) mass is 547 g/mol. The number of aromatic nitrogens is 2. The second-order valence-electron chi connectivity index (χ2n) is 10.8. The number of ketones is 1. The molecule has 0 fully saturated rings. The number of carbonyl (C=O) groups excluding carboxylic acids is 1. The Hall–Kier alpha value is -3.72. The third kappa shape index (κ3) is 5.15. The van der Waals surface area contributed by atoms with Crippen molar-refractivity contribution >= 4 is 23.4 Å². The largest absolute Gasteiger partial charge is 0.493 e. The summed E-state index contributed by atoms with van der Waals surface area (Å²) in [6, 6.07) is 11.9. The van der Waals surface area contributed by atoms with Gasteiger partial charge in [0.2, 0.25) is 5.75 Å². The number of benzene rings is 2. The normalized spacial score (nSPS) is 17.7. The molecule has 1 aliphatic heterocycles. The molecule has 1 unspecified atom stereocenters. The molecule has 204 valence electrons. The molecule has 0 bridgehead atoms. The summed E-state index contributed by atoms with van der Waals surface area (Å²) in [5.41, 5.74) is 4.31. The quantitative estimate of drug-likeness (QED) is 0.291. The molecule has 0 saturated carbocycles. The average molecular weight is 548 g/mol. The topological polar surface area (TPSA) is 103 Å². The zero-order valence-electron chi connectivity index (χ0n) is 23.1. The summed E-state index contributed by atoms with van der Waals surface area (Å²) in [4.78, 5) is 35.1. The van der Waals surface area contributed by atoms with Gasteiger partial charge in [0.15, 0.2) is 22.4 Å². The molecule has 2 heterocycles. The van der Waals surface area contributed by atoms with Crippen molar-refractivity contribution in [1.82, 2.24) is 9.97 Å². The van der Waals surface area contributed by atoms with E-state index in [-0.39, 0.29) is 16.8 Å². The third-order valence-corrected chi connectivity index (χ3v) is 8.16. The molecule has 39 heavy (non-hydrogen) atoms. The van der Waals surface area contributed by atoms with Crippen LogP contribution in [0, 0.1) is 12.3 Å². The predicted molar refractivity (Wildman–Crippen MR) is 152 cm³/mol. The van der Waals surface area contributed by atoms with Crippen LogP contribution in [-0.2, 0) is 10.5 Å². The molecule has 0 saturated heterocycles. The number of anilines is 1. The van der Waals surface area contributed by atoms with Crippen LogP contribution in [0.25, 0.3) is 0 Å². The minimum absolute atomic E-state index is 0.00961. The molecule has 2 aromatic carbocycles. The highest BCUT2D eigenvalue weighted by Crippen LogP contribution is 2.50. The number of methoxy groups -OCH3 is 3. The van der Waals surface area contributed by atoms with Crippen molar-refractivity contribution in [1.29, 1.82) is 0 Å². The summed E-state index contributed by atoms with van der Waals surface area (Å²) in [5.74, 6) is 1.85. The van der Waals surface area contributed by atoms with Crippen molar-refractivity contribution < 1.29 is 19.0 Å². The van der Waals surface area contributed by atoms with E-state index in [1.54, 1.807) is 26.4 Å². The molecule has 0 spiro atoms. The number of carbonyl (C=O) groups is 1. The van der Waals surface area contributed by atoms with Crippen LogP contribution in [0.4, 0.5) is 5.82 Å². The molecular weight excluding hydrogens is 514 g/mol. The van der Waals surface area contributed by atoms with E-state index in [0.717, 1.165) is 11.3 Å². The number of nitrogens with zero attached hydrogens (tertiary/aromatic N) is 1. The lowest BCUT2D eigenvalue weighted by atomic mass is 9.69. The maximum atomic E-state index is 13.7. The molecule has 8 nitrogen and oxygen atoms in total. The van der Waals surface area contributed by atoms with Gasteiger partial charge in [-0.15, -0.1) is 0 Å². The van der Waals surface area contributed by atoms with E-state index in [9.17, 15) is 9.59 Å². The van der Waals surface area contributed by atoms with Gasteiger partial charge >= 0.3 is 0 Å². The van der Waals surface area contributed by atoms with Crippen LogP contribution in [0.5, 0.6) is 17.2 Å². The molecule has 1 atom stereocenters.